The topological polar surface area (TPSA) is 66.9 Å². The van der Waals surface area contributed by atoms with E-state index in [1.165, 1.54) is 12.8 Å². The summed E-state index contributed by atoms with van der Waals surface area (Å²) in [5.41, 5.74) is 2.35. The van der Waals surface area contributed by atoms with Crippen LogP contribution in [0.1, 0.15) is 34.6 Å². The molecule has 0 aliphatic heterocycles. The van der Waals surface area contributed by atoms with E-state index in [-0.39, 0.29) is 5.91 Å². The Labute approximate surface area is 123 Å². The average Bonchev–Trinajstić information content (AvgIpc) is 3.30. The second-order valence-corrected chi connectivity index (χ2v) is 5.30. The summed E-state index contributed by atoms with van der Waals surface area (Å²) in [5, 5.41) is 6.15. The number of aromatic nitrogens is 2. The number of pyridine rings is 2. The smallest absolute Gasteiger partial charge is 0.253 e. The standard InChI is InChI=1S/C16H18N4O/c1-11-3-2-4-14(19-11)10-18-16(21)12-5-8-15(17-9-12)20-13-6-7-13/h2-5,8-9,13H,6-7,10H2,1H3,(H,17,20)(H,18,21). The van der Waals surface area contributed by atoms with E-state index in [2.05, 4.69) is 20.6 Å². The molecule has 1 saturated carbocycles. The second-order valence-electron chi connectivity index (χ2n) is 5.30. The molecule has 2 aromatic heterocycles. The number of carbonyl (C=O) groups excluding carboxylic acids is 1. The molecule has 5 heteroatoms. The highest BCUT2D eigenvalue weighted by Gasteiger charge is 2.21. The monoisotopic (exact) mass is 282 g/mol. The molecule has 2 N–H and O–H groups in total. The number of nitrogens with zero attached hydrogens (tertiary/aromatic N) is 2. The summed E-state index contributed by atoms with van der Waals surface area (Å²) in [6.07, 6.45) is 4.00. The first kappa shape index (κ1) is 13.5. The van der Waals surface area contributed by atoms with Gasteiger partial charge >= 0.3 is 0 Å². The number of nitrogens with one attached hydrogen (secondary N) is 2. The number of hydrogen-bond acceptors (Lipinski definition) is 4. The fourth-order valence-electron chi connectivity index (χ4n) is 2.02. The Hall–Kier alpha value is -2.43. The lowest BCUT2D eigenvalue weighted by Gasteiger charge is -2.07. The van der Waals surface area contributed by atoms with Crippen molar-refractivity contribution in [3.8, 4) is 0 Å². The van der Waals surface area contributed by atoms with E-state index < -0.39 is 0 Å². The summed E-state index contributed by atoms with van der Waals surface area (Å²) in [5.74, 6) is 0.693. The van der Waals surface area contributed by atoms with Crippen molar-refractivity contribution in [1.29, 1.82) is 0 Å². The number of rotatable bonds is 5. The Morgan fingerprint density at radius 1 is 1.29 bits per heavy atom. The molecule has 0 saturated heterocycles. The predicted octanol–water partition coefficient (Wildman–Crippen LogP) is 2.29. The molecule has 1 aliphatic carbocycles. The minimum atomic E-state index is -0.135. The van der Waals surface area contributed by atoms with E-state index in [1.54, 1.807) is 12.3 Å². The molecule has 1 fully saturated rings. The summed E-state index contributed by atoms with van der Waals surface area (Å²) < 4.78 is 0. The Kier molecular flexibility index (Phi) is 3.81. The maximum atomic E-state index is 12.0. The van der Waals surface area contributed by atoms with Crippen LogP contribution < -0.4 is 10.6 Å². The molecule has 0 spiro atoms. The first-order valence-electron chi connectivity index (χ1n) is 7.14. The third-order valence-corrected chi connectivity index (χ3v) is 3.33. The Balaban J connectivity index is 1.57. The van der Waals surface area contributed by atoms with E-state index in [0.717, 1.165) is 17.2 Å². The van der Waals surface area contributed by atoms with E-state index in [4.69, 9.17) is 0 Å². The van der Waals surface area contributed by atoms with Gasteiger partial charge in [0, 0.05) is 17.9 Å². The summed E-state index contributed by atoms with van der Waals surface area (Å²) in [6, 6.07) is 9.96. The van der Waals surface area contributed by atoms with Gasteiger partial charge in [-0.05, 0) is 44.0 Å². The van der Waals surface area contributed by atoms with Crippen molar-refractivity contribution in [3.63, 3.8) is 0 Å². The third-order valence-electron chi connectivity index (χ3n) is 3.33. The van der Waals surface area contributed by atoms with E-state index in [0.29, 0.717) is 18.2 Å². The van der Waals surface area contributed by atoms with Gasteiger partial charge in [-0.2, -0.15) is 0 Å². The fraction of sp³-hybridized carbons (Fsp3) is 0.312. The first-order chi connectivity index (χ1) is 10.2. The minimum absolute atomic E-state index is 0.135. The van der Waals surface area contributed by atoms with Gasteiger partial charge in [-0.3, -0.25) is 9.78 Å². The largest absolute Gasteiger partial charge is 0.367 e. The highest BCUT2D eigenvalue weighted by atomic mass is 16.1. The summed E-state index contributed by atoms with van der Waals surface area (Å²) >= 11 is 0. The van der Waals surface area contributed by atoms with Gasteiger partial charge in [0.05, 0.1) is 17.8 Å². The molecule has 0 bridgehead atoms. The number of amides is 1. The lowest BCUT2D eigenvalue weighted by molar-refractivity contribution is 0.0950. The van der Waals surface area contributed by atoms with Gasteiger partial charge in [-0.1, -0.05) is 6.07 Å². The number of carbonyl (C=O) groups is 1. The quantitative estimate of drug-likeness (QED) is 0.883. The highest BCUT2D eigenvalue weighted by Crippen LogP contribution is 2.23. The molecule has 1 aliphatic rings. The SMILES string of the molecule is Cc1cccc(CNC(=O)c2ccc(NC3CC3)nc2)n1. The zero-order valence-electron chi connectivity index (χ0n) is 12.0. The van der Waals surface area contributed by atoms with Crippen LogP contribution in [-0.2, 0) is 6.54 Å². The maximum Gasteiger partial charge on any atom is 0.253 e. The Morgan fingerprint density at radius 2 is 2.14 bits per heavy atom. The summed E-state index contributed by atoms with van der Waals surface area (Å²) in [6.45, 7) is 2.35. The number of aryl methyl sites for hydroxylation is 1. The molecule has 0 aromatic carbocycles. The second kappa shape index (κ2) is 5.91. The van der Waals surface area contributed by atoms with Gasteiger partial charge in [0.1, 0.15) is 5.82 Å². The van der Waals surface area contributed by atoms with Crippen LogP contribution in [0.3, 0.4) is 0 Å². The van der Waals surface area contributed by atoms with E-state index in [9.17, 15) is 4.79 Å². The van der Waals surface area contributed by atoms with Gasteiger partial charge in [-0.25, -0.2) is 4.98 Å². The van der Waals surface area contributed by atoms with Crippen molar-refractivity contribution in [3.05, 3.63) is 53.5 Å². The molecule has 21 heavy (non-hydrogen) atoms. The molecule has 108 valence electrons. The van der Waals surface area contributed by atoms with Gasteiger partial charge in [0.15, 0.2) is 0 Å². The van der Waals surface area contributed by atoms with Crippen LogP contribution in [0.15, 0.2) is 36.5 Å². The van der Waals surface area contributed by atoms with Crippen molar-refractivity contribution in [1.82, 2.24) is 15.3 Å². The predicted molar refractivity (Wildman–Crippen MR) is 81.0 cm³/mol. The normalized spacial score (nSPS) is 13.8. The van der Waals surface area contributed by atoms with E-state index >= 15 is 0 Å². The van der Waals surface area contributed by atoms with Gasteiger partial charge in [-0.15, -0.1) is 0 Å². The summed E-state index contributed by atoms with van der Waals surface area (Å²) in [4.78, 5) is 20.7. The van der Waals surface area contributed by atoms with Crippen molar-refractivity contribution in [2.24, 2.45) is 0 Å². The minimum Gasteiger partial charge on any atom is -0.367 e. The van der Waals surface area contributed by atoms with Crippen molar-refractivity contribution in [2.75, 3.05) is 5.32 Å². The Morgan fingerprint density at radius 3 is 2.81 bits per heavy atom. The van der Waals surface area contributed by atoms with Gasteiger partial charge in [0.2, 0.25) is 0 Å². The van der Waals surface area contributed by atoms with Crippen LogP contribution in [0.5, 0.6) is 0 Å². The lowest BCUT2D eigenvalue weighted by atomic mass is 10.2. The average molecular weight is 282 g/mol. The molecular formula is C16H18N4O. The molecular weight excluding hydrogens is 264 g/mol. The first-order valence-corrected chi connectivity index (χ1v) is 7.14. The maximum absolute atomic E-state index is 12.0. The number of anilines is 1. The van der Waals surface area contributed by atoms with Crippen molar-refractivity contribution in [2.45, 2.75) is 32.4 Å². The molecule has 2 aromatic rings. The van der Waals surface area contributed by atoms with Gasteiger partial charge < -0.3 is 10.6 Å². The molecule has 2 heterocycles. The van der Waals surface area contributed by atoms with Gasteiger partial charge in [0.25, 0.3) is 5.91 Å². The molecule has 0 radical (unpaired) electrons. The molecule has 1 amide bonds. The van der Waals surface area contributed by atoms with Crippen LogP contribution in [0, 0.1) is 6.92 Å². The summed E-state index contributed by atoms with van der Waals surface area (Å²) in [7, 11) is 0. The zero-order valence-corrected chi connectivity index (χ0v) is 12.0. The van der Waals surface area contributed by atoms with E-state index in [1.807, 2.05) is 31.2 Å². The number of hydrogen-bond donors (Lipinski definition) is 2. The molecule has 5 nitrogen and oxygen atoms in total. The molecule has 0 unspecified atom stereocenters. The van der Waals surface area contributed by atoms with Crippen molar-refractivity contribution >= 4 is 11.7 Å². The van der Waals surface area contributed by atoms with Crippen LogP contribution in [0.2, 0.25) is 0 Å². The third kappa shape index (κ3) is 3.78. The molecule has 3 rings (SSSR count). The van der Waals surface area contributed by atoms with Crippen LogP contribution in [0.4, 0.5) is 5.82 Å². The lowest BCUT2D eigenvalue weighted by Crippen LogP contribution is -2.23. The van der Waals surface area contributed by atoms with Crippen molar-refractivity contribution < 1.29 is 4.79 Å². The fourth-order valence-corrected chi connectivity index (χ4v) is 2.02. The van der Waals surface area contributed by atoms with Crippen LogP contribution in [-0.4, -0.2) is 21.9 Å². The Bertz CT molecular complexity index is 635. The van der Waals surface area contributed by atoms with Crippen LogP contribution in [0.25, 0.3) is 0 Å². The highest BCUT2D eigenvalue weighted by molar-refractivity contribution is 5.93. The van der Waals surface area contributed by atoms with Crippen LogP contribution >= 0.6 is 0 Å². The zero-order chi connectivity index (χ0) is 14.7. The molecule has 0 atom stereocenters.